The van der Waals surface area contributed by atoms with Gasteiger partial charge in [0.1, 0.15) is 13.2 Å². The van der Waals surface area contributed by atoms with Crippen LogP contribution in [-0.4, -0.2) is 73.4 Å². The summed E-state index contributed by atoms with van der Waals surface area (Å²) in [5.41, 5.74) is 0. The molecule has 0 rings (SSSR count). The molecule has 3 N–H and O–H groups in total. The summed E-state index contributed by atoms with van der Waals surface area (Å²) < 4.78 is 23.6. The minimum absolute atomic E-state index is 0.0548. The van der Waals surface area contributed by atoms with Crippen LogP contribution in [0.25, 0.3) is 0 Å². The van der Waals surface area contributed by atoms with Crippen LogP contribution in [-0.2, 0) is 18.4 Å². The fourth-order valence-corrected chi connectivity index (χ4v) is 7.87. The van der Waals surface area contributed by atoms with E-state index in [0.717, 1.165) is 44.9 Å². The van der Waals surface area contributed by atoms with Crippen molar-refractivity contribution in [1.82, 2.24) is 5.32 Å². The van der Waals surface area contributed by atoms with Crippen LogP contribution >= 0.6 is 7.82 Å². The molecule has 0 radical (unpaired) electrons. The van der Waals surface area contributed by atoms with E-state index in [-0.39, 0.29) is 19.1 Å². The zero-order chi connectivity index (χ0) is 43.6. The number of rotatable bonds is 45. The highest BCUT2D eigenvalue weighted by molar-refractivity contribution is 7.47. The number of nitrogens with one attached hydrogen (secondary N) is 1. The Bertz CT molecular complexity index is 1060. The lowest BCUT2D eigenvalue weighted by Gasteiger charge is -2.25. The van der Waals surface area contributed by atoms with Gasteiger partial charge < -0.3 is 19.8 Å². The minimum Gasteiger partial charge on any atom is -0.387 e. The number of hydrogen-bond acceptors (Lipinski definition) is 5. The molecule has 0 saturated carbocycles. The van der Waals surface area contributed by atoms with E-state index in [1.807, 2.05) is 27.2 Å². The molecule has 0 heterocycles. The van der Waals surface area contributed by atoms with Gasteiger partial charge in [-0.3, -0.25) is 13.8 Å². The molecule has 0 aromatic heterocycles. The Labute approximate surface area is 366 Å². The van der Waals surface area contributed by atoms with Gasteiger partial charge in [0.2, 0.25) is 5.91 Å². The smallest absolute Gasteiger partial charge is 0.387 e. The summed E-state index contributed by atoms with van der Waals surface area (Å²) in [5, 5.41) is 13.8. The van der Waals surface area contributed by atoms with Gasteiger partial charge in [-0.2, -0.15) is 0 Å². The highest BCUT2D eigenvalue weighted by Crippen LogP contribution is 2.43. The van der Waals surface area contributed by atoms with E-state index in [2.05, 4.69) is 43.5 Å². The number of unbranched alkanes of at least 4 members (excludes halogenated alkanes) is 28. The largest absolute Gasteiger partial charge is 0.472 e. The minimum atomic E-state index is -4.35. The summed E-state index contributed by atoms with van der Waals surface area (Å²) >= 11 is 0. The van der Waals surface area contributed by atoms with Gasteiger partial charge in [-0.1, -0.05) is 211 Å². The number of nitrogens with zero attached hydrogens (tertiary/aromatic N) is 1. The molecule has 0 spiro atoms. The molecule has 0 bridgehead atoms. The molecule has 59 heavy (non-hydrogen) atoms. The number of allylic oxidation sites excluding steroid dienone is 5. The van der Waals surface area contributed by atoms with Crippen LogP contribution in [0.3, 0.4) is 0 Å². The number of quaternary nitrogens is 1. The zero-order valence-electron chi connectivity index (χ0n) is 39.5. The molecule has 0 aromatic rings. The van der Waals surface area contributed by atoms with Crippen LogP contribution in [0.2, 0.25) is 0 Å². The van der Waals surface area contributed by atoms with E-state index in [1.165, 1.54) is 161 Å². The topological polar surface area (TPSA) is 105 Å². The van der Waals surface area contributed by atoms with Crippen LogP contribution in [0.5, 0.6) is 0 Å². The molecular weight excluding hydrogens is 756 g/mol. The highest BCUT2D eigenvalue weighted by Gasteiger charge is 2.27. The first-order chi connectivity index (χ1) is 28.5. The van der Waals surface area contributed by atoms with Crippen molar-refractivity contribution < 1.29 is 32.9 Å². The van der Waals surface area contributed by atoms with Crippen molar-refractivity contribution in [2.24, 2.45) is 0 Å². The van der Waals surface area contributed by atoms with Crippen molar-refractivity contribution in [3.8, 4) is 0 Å². The van der Waals surface area contributed by atoms with Gasteiger partial charge in [0, 0.05) is 6.42 Å². The van der Waals surface area contributed by atoms with Crippen LogP contribution in [0.1, 0.15) is 226 Å². The molecule has 0 saturated heterocycles. The second kappa shape index (κ2) is 42.0. The summed E-state index contributed by atoms with van der Waals surface area (Å²) in [6, 6.07) is -0.866. The molecule has 0 aliphatic heterocycles. The molecule has 0 aliphatic carbocycles. The van der Waals surface area contributed by atoms with E-state index in [1.54, 1.807) is 6.08 Å². The average Bonchev–Trinajstić information content (AvgIpc) is 3.19. The van der Waals surface area contributed by atoms with Crippen LogP contribution in [0, 0.1) is 0 Å². The maximum Gasteiger partial charge on any atom is 0.472 e. The van der Waals surface area contributed by atoms with Gasteiger partial charge in [-0.05, 0) is 44.9 Å². The van der Waals surface area contributed by atoms with E-state index in [4.69, 9.17) is 9.05 Å². The number of aliphatic hydroxyl groups is 1. The molecule has 0 aliphatic rings. The number of hydrogen-bond donors (Lipinski definition) is 3. The lowest BCUT2D eigenvalue weighted by molar-refractivity contribution is -0.870. The monoisotopic (exact) mass is 854 g/mol. The molecule has 3 atom stereocenters. The fourth-order valence-electron chi connectivity index (χ4n) is 7.13. The Morgan fingerprint density at radius 3 is 1.36 bits per heavy atom. The first-order valence-corrected chi connectivity index (χ1v) is 26.4. The number of aliphatic hydroxyl groups excluding tert-OH is 1. The van der Waals surface area contributed by atoms with Crippen molar-refractivity contribution in [1.29, 1.82) is 0 Å². The Morgan fingerprint density at radius 2 is 0.932 bits per heavy atom. The van der Waals surface area contributed by atoms with Crippen LogP contribution in [0.4, 0.5) is 0 Å². The summed E-state index contributed by atoms with van der Waals surface area (Å²) in [5.74, 6) is -0.189. The quantitative estimate of drug-likeness (QED) is 0.0244. The molecule has 348 valence electrons. The first kappa shape index (κ1) is 57.7. The lowest BCUT2D eigenvalue weighted by atomic mass is 10.0. The third kappa shape index (κ3) is 44.6. The summed E-state index contributed by atoms with van der Waals surface area (Å²) in [4.78, 5) is 23.2. The Balaban J connectivity index is 4.40. The van der Waals surface area contributed by atoms with Gasteiger partial charge >= 0.3 is 7.82 Å². The summed E-state index contributed by atoms with van der Waals surface area (Å²) in [6.45, 7) is 4.80. The summed E-state index contributed by atoms with van der Waals surface area (Å²) in [6.07, 6.45) is 52.2. The van der Waals surface area contributed by atoms with Gasteiger partial charge in [0.25, 0.3) is 0 Å². The molecule has 1 amide bonds. The van der Waals surface area contributed by atoms with E-state index in [9.17, 15) is 19.4 Å². The standard InChI is InChI=1S/C50H97N2O6P/c1-6-8-10-12-14-16-18-20-22-24-26-27-29-31-33-35-37-39-41-43-49(53)48(47-58-59(55,56)57-46-45-52(3,4)5)51-50(54)44-42-40-38-36-34-32-30-28-25-23-21-19-17-15-13-11-9-7-2/h26-27,33,35,41,43,48-49,53H,6-25,28-32,34,36-40,42,44-47H2,1-5H3,(H-,51,54,55,56)/p+1/b27-26+,35-33+,43-41+. The van der Waals surface area contributed by atoms with Gasteiger partial charge in [-0.25, -0.2) is 4.57 Å². The molecule has 8 nitrogen and oxygen atoms in total. The number of phosphoric ester groups is 1. The second-order valence-electron chi connectivity index (χ2n) is 18.2. The number of phosphoric acid groups is 1. The molecule has 9 heteroatoms. The normalized spacial score (nSPS) is 14.5. The molecule has 3 unspecified atom stereocenters. The first-order valence-electron chi connectivity index (χ1n) is 24.9. The van der Waals surface area contributed by atoms with Gasteiger partial charge in [0.05, 0.1) is 39.9 Å². The predicted molar refractivity (Wildman–Crippen MR) is 254 cm³/mol. The maximum absolute atomic E-state index is 12.9. The van der Waals surface area contributed by atoms with Gasteiger partial charge in [0.15, 0.2) is 0 Å². The van der Waals surface area contributed by atoms with Crippen molar-refractivity contribution in [3.05, 3.63) is 36.5 Å². The fraction of sp³-hybridized carbons (Fsp3) is 0.860. The second-order valence-corrected chi connectivity index (χ2v) is 19.6. The number of carbonyl (C=O) groups is 1. The van der Waals surface area contributed by atoms with Crippen molar-refractivity contribution >= 4 is 13.7 Å². The van der Waals surface area contributed by atoms with E-state index < -0.39 is 20.0 Å². The van der Waals surface area contributed by atoms with Crippen LogP contribution < -0.4 is 5.32 Å². The Kier molecular flexibility index (Phi) is 41.1. The lowest BCUT2D eigenvalue weighted by Crippen LogP contribution is -2.45. The van der Waals surface area contributed by atoms with Gasteiger partial charge in [-0.15, -0.1) is 0 Å². The maximum atomic E-state index is 12.9. The predicted octanol–water partition coefficient (Wildman–Crippen LogP) is 14.3. The third-order valence-electron chi connectivity index (χ3n) is 11.1. The number of carbonyl (C=O) groups excluding carboxylic acids is 1. The number of likely N-dealkylation sites (N-methyl/N-ethyl adjacent to an activating group) is 1. The van der Waals surface area contributed by atoms with Crippen LogP contribution in [0.15, 0.2) is 36.5 Å². The van der Waals surface area contributed by atoms with Crippen molar-refractivity contribution in [2.75, 3.05) is 40.9 Å². The van der Waals surface area contributed by atoms with E-state index >= 15 is 0 Å². The average molecular weight is 854 g/mol. The summed E-state index contributed by atoms with van der Waals surface area (Å²) in [7, 11) is 1.55. The molecular formula is C50H98N2O6P+. The zero-order valence-corrected chi connectivity index (χ0v) is 40.4. The molecule has 0 fully saturated rings. The van der Waals surface area contributed by atoms with Crippen molar-refractivity contribution in [2.45, 2.75) is 238 Å². The Morgan fingerprint density at radius 1 is 0.559 bits per heavy atom. The number of amides is 1. The molecule has 0 aromatic carbocycles. The van der Waals surface area contributed by atoms with E-state index in [0.29, 0.717) is 17.4 Å². The van der Waals surface area contributed by atoms with Crippen molar-refractivity contribution in [3.63, 3.8) is 0 Å². The third-order valence-corrected chi connectivity index (χ3v) is 12.1. The SMILES string of the molecule is CCCCCCCCCCC/C=C/CC/C=C/CC/C=C/C(O)C(COP(=O)(O)OCC[N+](C)(C)C)NC(=O)CCCCCCCCCCCCCCCCCCCC. The Hall–Kier alpha value is -1.28. The highest BCUT2D eigenvalue weighted by atomic mass is 31.2.